The van der Waals surface area contributed by atoms with Gasteiger partial charge in [-0.1, -0.05) is 11.6 Å². The number of ether oxygens (including phenoxy) is 3. The second-order valence-corrected chi connectivity index (χ2v) is 8.36. The first-order chi connectivity index (χ1) is 13.6. The van der Waals surface area contributed by atoms with Gasteiger partial charge in [0.25, 0.3) is 0 Å². The molecule has 10 heteroatoms. The van der Waals surface area contributed by atoms with Crippen LogP contribution in [0.2, 0.25) is 5.02 Å². The monoisotopic (exact) mass is 441 g/mol. The van der Waals surface area contributed by atoms with E-state index in [1.807, 2.05) is 0 Å². The number of halogens is 1. The zero-order valence-corrected chi connectivity index (χ0v) is 17.8. The predicted molar refractivity (Wildman–Crippen MR) is 106 cm³/mol. The third-order valence-corrected chi connectivity index (χ3v) is 6.21. The fourth-order valence-corrected chi connectivity index (χ4v) is 4.17. The summed E-state index contributed by atoms with van der Waals surface area (Å²) in [5.74, 6) is -1.14. The van der Waals surface area contributed by atoms with Crippen molar-refractivity contribution in [2.75, 3.05) is 28.4 Å². The molecule has 0 saturated carbocycles. The number of methoxy groups -OCH3 is 3. The molecule has 0 fully saturated rings. The summed E-state index contributed by atoms with van der Waals surface area (Å²) in [6.45, 7) is -0.0882. The third-order valence-electron chi connectivity index (χ3n) is 4.13. The van der Waals surface area contributed by atoms with Gasteiger partial charge in [-0.2, -0.15) is 4.31 Å². The standard InChI is InChI=1S/C19H20ClNO7S/c1-21(11-13-9-14(20)6-8-16(13)26-2)29(24,25)17-10-12(18(22)27-3)5-7-15(17)19(23)28-4/h5-10H,11H2,1-4H3. The van der Waals surface area contributed by atoms with Gasteiger partial charge < -0.3 is 14.2 Å². The van der Waals surface area contributed by atoms with E-state index in [0.29, 0.717) is 16.3 Å². The molecule has 0 radical (unpaired) electrons. The van der Waals surface area contributed by atoms with Gasteiger partial charge >= 0.3 is 11.9 Å². The molecule has 0 bridgehead atoms. The molecule has 0 saturated heterocycles. The molecule has 0 atom stereocenters. The molecule has 0 aromatic heterocycles. The zero-order chi connectivity index (χ0) is 21.8. The van der Waals surface area contributed by atoms with E-state index in [9.17, 15) is 18.0 Å². The molecule has 0 aliphatic carbocycles. The first kappa shape index (κ1) is 22.7. The number of esters is 2. The molecule has 2 aromatic carbocycles. The highest BCUT2D eigenvalue weighted by atomic mass is 35.5. The Morgan fingerprint density at radius 3 is 2.24 bits per heavy atom. The fourth-order valence-electron chi connectivity index (χ4n) is 2.62. The van der Waals surface area contributed by atoms with E-state index >= 15 is 0 Å². The minimum atomic E-state index is -4.20. The zero-order valence-electron chi connectivity index (χ0n) is 16.3. The van der Waals surface area contributed by atoms with Crippen molar-refractivity contribution in [2.45, 2.75) is 11.4 Å². The van der Waals surface area contributed by atoms with E-state index in [1.165, 1.54) is 33.4 Å². The van der Waals surface area contributed by atoms with Crippen LogP contribution in [-0.2, 0) is 26.0 Å². The molecule has 0 unspecified atom stereocenters. The van der Waals surface area contributed by atoms with E-state index in [0.717, 1.165) is 17.5 Å². The lowest BCUT2D eigenvalue weighted by Crippen LogP contribution is -2.28. The number of carbonyl (C=O) groups is 2. The highest BCUT2D eigenvalue weighted by molar-refractivity contribution is 7.89. The van der Waals surface area contributed by atoms with Crippen molar-refractivity contribution in [3.63, 3.8) is 0 Å². The van der Waals surface area contributed by atoms with Crippen molar-refractivity contribution >= 4 is 33.6 Å². The summed E-state index contributed by atoms with van der Waals surface area (Å²) in [4.78, 5) is 23.6. The lowest BCUT2D eigenvalue weighted by molar-refractivity contribution is 0.0583. The molecule has 0 N–H and O–H groups in total. The topological polar surface area (TPSA) is 99.2 Å². The average molecular weight is 442 g/mol. The van der Waals surface area contributed by atoms with Gasteiger partial charge in [0, 0.05) is 24.2 Å². The quantitative estimate of drug-likeness (QED) is 0.609. The number of hydrogen-bond donors (Lipinski definition) is 0. The van der Waals surface area contributed by atoms with Gasteiger partial charge in [0.1, 0.15) is 5.75 Å². The van der Waals surface area contributed by atoms with Crippen LogP contribution in [0, 0.1) is 0 Å². The maximum absolute atomic E-state index is 13.2. The molecule has 2 rings (SSSR count). The van der Waals surface area contributed by atoms with Crippen LogP contribution >= 0.6 is 11.6 Å². The van der Waals surface area contributed by atoms with E-state index in [4.69, 9.17) is 16.3 Å². The van der Waals surface area contributed by atoms with Crippen molar-refractivity contribution in [1.82, 2.24) is 4.31 Å². The summed E-state index contributed by atoms with van der Waals surface area (Å²) in [6, 6.07) is 8.40. The van der Waals surface area contributed by atoms with E-state index in [1.54, 1.807) is 18.2 Å². The minimum absolute atomic E-state index is 0.0209. The lowest BCUT2D eigenvalue weighted by atomic mass is 10.1. The van der Waals surface area contributed by atoms with Crippen molar-refractivity contribution < 1.29 is 32.2 Å². The molecule has 0 aliphatic heterocycles. The van der Waals surface area contributed by atoms with E-state index in [2.05, 4.69) is 9.47 Å². The third kappa shape index (κ3) is 4.87. The van der Waals surface area contributed by atoms with Crippen LogP contribution in [-0.4, -0.2) is 53.0 Å². The first-order valence-electron chi connectivity index (χ1n) is 8.25. The Kier molecular flexibility index (Phi) is 7.23. The van der Waals surface area contributed by atoms with Gasteiger partial charge in [-0.25, -0.2) is 18.0 Å². The molecular formula is C19H20ClNO7S. The Balaban J connectivity index is 2.54. The van der Waals surface area contributed by atoms with Gasteiger partial charge in [0.05, 0.1) is 37.4 Å². The predicted octanol–water partition coefficient (Wildman–Crippen LogP) is 2.74. The van der Waals surface area contributed by atoms with Gasteiger partial charge in [0.15, 0.2) is 0 Å². The number of hydrogen-bond acceptors (Lipinski definition) is 7. The summed E-state index contributed by atoms with van der Waals surface area (Å²) in [7, 11) is 0.892. The van der Waals surface area contributed by atoms with Gasteiger partial charge in [-0.05, 0) is 36.4 Å². The molecular weight excluding hydrogens is 422 g/mol. The Hall–Kier alpha value is -2.62. The Morgan fingerprint density at radius 2 is 1.66 bits per heavy atom. The summed E-state index contributed by atoms with van der Waals surface area (Å²) in [5, 5.41) is 0.412. The van der Waals surface area contributed by atoms with E-state index in [-0.39, 0.29) is 22.6 Å². The number of rotatable bonds is 7. The molecule has 156 valence electrons. The average Bonchev–Trinajstić information content (AvgIpc) is 2.72. The molecule has 0 amide bonds. The SMILES string of the molecule is COC(=O)c1ccc(C(=O)OC)c(S(=O)(=O)N(C)Cc2cc(Cl)ccc2OC)c1. The normalized spacial score (nSPS) is 11.2. The Bertz CT molecular complexity index is 1040. The number of carbonyl (C=O) groups excluding carboxylic acids is 2. The minimum Gasteiger partial charge on any atom is -0.496 e. The number of sulfonamides is 1. The molecule has 0 aliphatic rings. The van der Waals surface area contributed by atoms with Crippen LogP contribution in [0.1, 0.15) is 26.3 Å². The molecule has 8 nitrogen and oxygen atoms in total. The summed E-state index contributed by atoms with van der Waals surface area (Å²) < 4.78 is 42.0. The van der Waals surface area contributed by atoms with Gasteiger partial charge in [0.2, 0.25) is 10.0 Å². The molecule has 2 aromatic rings. The van der Waals surface area contributed by atoms with Crippen molar-refractivity contribution in [2.24, 2.45) is 0 Å². The van der Waals surface area contributed by atoms with Crippen LogP contribution in [0.15, 0.2) is 41.3 Å². The number of benzene rings is 2. The van der Waals surface area contributed by atoms with Crippen molar-refractivity contribution in [3.8, 4) is 5.75 Å². The Morgan fingerprint density at radius 1 is 1.00 bits per heavy atom. The van der Waals surface area contributed by atoms with Crippen LogP contribution < -0.4 is 4.74 Å². The van der Waals surface area contributed by atoms with Crippen molar-refractivity contribution in [3.05, 3.63) is 58.1 Å². The van der Waals surface area contributed by atoms with E-state index < -0.39 is 22.0 Å². The fraction of sp³-hybridized carbons (Fsp3) is 0.263. The Labute approximate surface area is 174 Å². The highest BCUT2D eigenvalue weighted by Gasteiger charge is 2.29. The first-order valence-corrected chi connectivity index (χ1v) is 10.1. The molecule has 0 spiro atoms. The molecule has 0 heterocycles. The van der Waals surface area contributed by atoms with Crippen LogP contribution in [0.4, 0.5) is 0 Å². The summed E-state index contributed by atoms with van der Waals surface area (Å²) in [6.07, 6.45) is 0. The highest BCUT2D eigenvalue weighted by Crippen LogP contribution is 2.28. The maximum Gasteiger partial charge on any atom is 0.339 e. The maximum atomic E-state index is 13.2. The van der Waals surface area contributed by atoms with Crippen LogP contribution in [0.3, 0.4) is 0 Å². The van der Waals surface area contributed by atoms with Gasteiger partial charge in [-0.3, -0.25) is 0 Å². The lowest BCUT2D eigenvalue weighted by Gasteiger charge is -2.20. The summed E-state index contributed by atoms with van der Waals surface area (Å²) >= 11 is 6.01. The van der Waals surface area contributed by atoms with Crippen molar-refractivity contribution in [1.29, 1.82) is 0 Å². The second-order valence-electron chi connectivity index (χ2n) is 5.91. The van der Waals surface area contributed by atoms with Crippen LogP contribution in [0.5, 0.6) is 5.75 Å². The largest absolute Gasteiger partial charge is 0.496 e. The smallest absolute Gasteiger partial charge is 0.339 e. The second kappa shape index (κ2) is 9.25. The van der Waals surface area contributed by atoms with Gasteiger partial charge in [-0.15, -0.1) is 0 Å². The number of nitrogens with zero attached hydrogens (tertiary/aromatic N) is 1. The van der Waals surface area contributed by atoms with Crippen LogP contribution in [0.25, 0.3) is 0 Å². The molecule has 29 heavy (non-hydrogen) atoms. The summed E-state index contributed by atoms with van der Waals surface area (Å²) in [5.41, 5.74) is 0.298.